The van der Waals surface area contributed by atoms with Gasteiger partial charge in [0.1, 0.15) is 11.4 Å². The van der Waals surface area contributed by atoms with E-state index >= 15 is 0 Å². The topological polar surface area (TPSA) is 74.3 Å². The first-order valence-electron chi connectivity index (χ1n) is 9.47. The Balaban J connectivity index is 1.65. The van der Waals surface area contributed by atoms with E-state index in [9.17, 15) is 9.59 Å². The van der Waals surface area contributed by atoms with Crippen molar-refractivity contribution in [1.29, 1.82) is 0 Å². The summed E-state index contributed by atoms with van der Waals surface area (Å²) in [5.74, 6) is -0.620. The number of hydrogen-bond acceptors (Lipinski definition) is 4. The molecule has 3 rings (SSSR count). The van der Waals surface area contributed by atoms with E-state index < -0.39 is 0 Å². The van der Waals surface area contributed by atoms with Gasteiger partial charge in [-0.25, -0.2) is 4.98 Å². The van der Waals surface area contributed by atoms with Crippen LogP contribution in [-0.2, 0) is 0 Å². The van der Waals surface area contributed by atoms with Crippen molar-refractivity contribution < 1.29 is 9.59 Å². The molecule has 1 saturated heterocycles. The molecular weight excluding hydrogens is 340 g/mol. The summed E-state index contributed by atoms with van der Waals surface area (Å²) in [6.45, 7) is 5.92. The van der Waals surface area contributed by atoms with Crippen molar-refractivity contribution in [2.24, 2.45) is 0 Å². The summed E-state index contributed by atoms with van der Waals surface area (Å²) in [5.41, 5.74) is 2.33. The molecule has 2 heterocycles. The lowest BCUT2D eigenvalue weighted by Crippen LogP contribution is -2.31. The number of pyridine rings is 1. The maximum absolute atomic E-state index is 12.5. The first kappa shape index (κ1) is 18.9. The van der Waals surface area contributed by atoms with Crippen LogP contribution in [0, 0.1) is 0 Å². The Hall–Kier alpha value is -2.89. The van der Waals surface area contributed by atoms with E-state index in [0.29, 0.717) is 5.69 Å². The van der Waals surface area contributed by atoms with Gasteiger partial charge in [-0.15, -0.1) is 0 Å². The molecular formula is C21H26N4O2. The van der Waals surface area contributed by atoms with E-state index in [4.69, 9.17) is 0 Å². The fraction of sp³-hybridized carbons (Fsp3) is 0.381. The quantitative estimate of drug-likeness (QED) is 0.850. The van der Waals surface area contributed by atoms with Gasteiger partial charge >= 0.3 is 0 Å². The van der Waals surface area contributed by atoms with E-state index in [0.717, 1.165) is 13.1 Å². The summed E-state index contributed by atoms with van der Waals surface area (Å²) >= 11 is 0. The van der Waals surface area contributed by atoms with Crippen LogP contribution in [0.1, 0.15) is 54.1 Å². The monoisotopic (exact) mass is 366 g/mol. The first-order valence-corrected chi connectivity index (χ1v) is 9.47. The number of aromatic nitrogens is 1. The molecule has 2 amide bonds. The van der Waals surface area contributed by atoms with E-state index in [2.05, 4.69) is 20.5 Å². The summed E-state index contributed by atoms with van der Waals surface area (Å²) in [6.07, 6.45) is 3.75. The zero-order chi connectivity index (χ0) is 19.2. The molecule has 0 aliphatic carbocycles. The van der Waals surface area contributed by atoms with Gasteiger partial charge in [0, 0.05) is 30.5 Å². The van der Waals surface area contributed by atoms with Crippen LogP contribution in [0.15, 0.2) is 42.5 Å². The van der Waals surface area contributed by atoms with Crippen molar-refractivity contribution in [3.63, 3.8) is 0 Å². The Labute approximate surface area is 160 Å². The van der Waals surface area contributed by atoms with Crippen LogP contribution in [-0.4, -0.2) is 35.9 Å². The van der Waals surface area contributed by atoms with Gasteiger partial charge in [0.05, 0.1) is 0 Å². The molecule has 1 fully saturated rings. The van der Waals surface area contributed by atoms with E-state index in [1.165, 1.54) is 24.9 Å². The Kier molecular flexibility index (Phi) is 6.06. The second-order valence-corrected chi connectivity index (χ2v) is 7.08. The Morgan fingerprint density at radius 3 is 2.19 bits per heavy atom. The zero-order valence-electron chi connectivity index (χ0n) is 15.9. The van der Waals surface area contributed by atoms with Crippen molar-refractivity contribution in [3.8, 4) is 0 Å². The average molecular weight is 366 g/mol. The third kappa shape index (κ3) is 5.06. The van der Waals surface area contributed by atoms with Gasteiger partial charge in [0.25, 0.3) is 11.8 Å². The van der Waals surface area contributed by atoms with Crippen LogP contribution in [0.2, 0.25) is 0 Å². The predicted octanol–water partition coefficient (Wildman–Crippen LogP) is 3.46. The molecule has 0 atom stereocenters. The minimum Gasteiger partial charge on any atom is -0.372 e. The third-order valence-electron chi connectivity index (χ3n) is 4.48. The van der Waals surface area contributed by atoms with Gasteiger partial charge in [-0.2, -0.15) is 0 Å². The maximum Gasteiger partial charge on any atom is 0.274 e. The summed E-state index contributed by atoms with van der Waals surface area (Å²) in [6, 6.07) is 12.7. The molecule has 0 unspecified atom stereocenters. The lowest BCUT2D eigenvalue weighted by molar-refractivity contribution is 0.0938. The number of hydrogen-bond donors (Lipinski definition) is 2. The SMILES string of the molecule is CC(C)NC(=O)c1cccc(C(=O)Nc2ccc(N3CCCCC3)cc2)n1. The van der Waals surface area contributed by atoms with Crippen molar-refractivity contribution in [2.45, 2.75) is 39.2 Å². The van der Waals surface area contributed by atoms with Gasteiger partial charge in [-0.1, -0.05) is 6.07 Å². The number of nitrogens with zero attached hydrogens (tertiary/aromatic N) is 2. The first-order chi connectivity index (χ1) is 13.0. The number of rotatable bonds is 5. The highest BCUT2D eigenvalue weighted by molar-refractivity contribution is 6.03. The fourth-order valence-corrected chi connectivity index (χ4v) is 3.13. The maximum atomic E-state index is 12.5. The number of carbonyl (C=O) groups excluding carboxylic acids is 2. The fourth-order valence-electron chi connectivity index (χ4n) is 3.13. The molecule has 142 valence electrons. The zero-order valence-corrected chi connectivity index (χ0v) is 15.9. The second-order valence-electron chi connectivity index (χ2n) is 7.08. The summed E-state index contributed by atoms with van der Waals surface area (Å²) < 4.78 is 0. The van der Waals surface area contributed by atoms with Crippen LogP contribution in [0.4, 0.5) is 11.4 Å². The lowest BCUT2D eigenvalue weighted by atomic mass is 10.1. The lowest BCUT2D eigenvalue weighted by Gasteiger charge is -2.28. The average Bonchev–Trinajstić information content (AvgIpc) is 2.69. The van der Waals surface area contributed by atoms with Gasteiger partial charge < -0.3 is 15.5 Å². The summed E-state index contributed by atoms with van der Waals surface area (Å²) in [7, 11) is 0. The highest BCUT2D eigenvalue weighted by atomic mass is 16.2. The molecule has 1 aromatic heterocycles. The molecule has 1 aliphatic heterocycles. The molecule has 2 aromatic rings. The molecule has 0 radical (unpaired) electrons. The van der Waals surface area contributed by atoms with E-state index in [1.54, 1.807) is 18.2 Å². The summed E-state index contributed by atoms with van der Waals surface area (Å²) in [4.78, 5) is 31.1. The van der Waals surface area contributed by atoms with Gasteiger partial charge in [0.15, 0.2) is 0 Å². The molecule has 0 saturated carbocycles. The smallest absolute Gasteiger partial charge is 0.274 e. The number of benzene rings is 1. The molecule has 6 nitrogen and oxygen atoms in total. The summed E-state index contributed by atoms with van der Waals surface area (Å²) in [5, 5.41) is 5.62. The van der Waals surface area contributed by atoms with Crippen LogP contribution >= 0.6 is 0 Å². The molecule has 6 heteroatoms. The highest BCUT2D eigenvalue weighted by Gasteiger charge is 2.14. The number of amides is 2. The van der Waals surface area contributed by atoms with Crippen molar-refractivity contribution in [1.82, 2.24) is 10.3 Å². The molecule has 0 spiro atoms. The number of piperidine rings is 1. The predicted molar refractivity (Wildman–Crippen MR) is 107 cm³/mol. The van der Waals surface area contributed by atoms with Crippen molar-refractivity contribution >= 4 is 23.2 Å². The normalized spacial score (nSPS) is 14.1. The second kappa shape index (κ2) is 8.66. The highest BCUT2D eigenvalue weighted by Crippen LogP contribution is 2.22. The Bertz CT molecular complexity index is 796. The van der Waals surface area contributed by atoms with Crippen LogP contribution in [0.5, 0.6) is 0 Å². The van der Waals surface area contributed by atoms with Gasteiger partial charge in [-0.05, 0) is 69.5 Å². The van der Waals surface area contributed by atoms with Crippen LogP contribution in [0.25, 0.3) is 0 Å². The molecule has 1 aliphatic rings. The van der Waals surface area contributed by atoms with Crippen molar-refractivity contribution in [2.75, 3.05) is 23.3 Å². The third-order valence-corrected chi connectivity index (χ3v) is 4.48. The molecule has 2 N–H and O–H groups in total. The standard InChI is InChI=1S/C21H26N4O2/c1-15(2)22-20(26)18-7-6-8-19(24-18)21(27)23-16-9-11-17(12-10-16)25-13-4-3-5-14-25/h6-12,15H,3-5,13-14H2,1-2H3,(H,22,26)(H,23,27). The number of carbonyl (C=O) groups is 2. The van der Waals surface area contributed by atoms with Crippen LogP contribution in [0.3, 0.4) is 0 Å². The molecule has 1 aromatic carbocycles. The Morgan fingerprint density at radius 1 is 0.926 bits per heavy atom. The Morgan fingerprint density at radius 2 is 1.56 bits per heavy atom. The minimum atomic E-state index is -0.333. The van der Waals surface area contributed by atoms with Crippen molar-refractivity contribution in [3.05, 3.63) is 53.9 Å². The minimum absolute atomic E-state index is 0.00945. The largest absolute Gasteiger partial charge is 0.372 e. The number of anilines is 2. The van der Waals surface area contributed by atoms with E-state index in [1.807, 2.05) is 38.1 Å². The molecule has 27 heavy (non-hydrogen) atoms. The number of nitrogens with one attached hydrogen (secondary N) is 2. The van der Waals surface area contributed by atoms with Gasteiger partial charge in [-0.3, -0.25) is 9.59 Å². The van der Waals surface area contributed by atoms with E-state index in [-0.39, 0.29) is 29.2 Å². The van der Waals surface area contributed by atoms with Gasteiger partial charge in [0.2, 0.25) is 0 Å². The molecule has 0 bridgehead atoms. The van der Waals surface area contributed by atoms with Crippen LogP contribution < -0.4 is 15.5 Å².